The Labute approximate surface area is 77.4 Å². The van der Waals surface area contributed by atoms with Crippen molar-refractivity contribution in [2.45, 2.75) is 6.42 Å². The van der Waals surface area contributed by atoms with Gasteiger partial charge >= 0.3 is 5.97 Å². The van der Waals surface area contributed by atoms with Crippen LogP contribution in [0.2, 0.25) is 0 Å². The van der Waals surface area contributed by atoms with E-state index in [1.54, 1.807) is 0 Å². The Kier molecular flexibility index (Phi) is 3.99. The summed E-state index contributed by atoms with van der Waals surface area (Å²) in [7, 11) is 0. The maximum absolute atomic E-state index is 10.1. The molecule has 0 bridgehead atoms. The number of hydrogen-bond acceptors (Lipinski definition) is 1. The van der Waals surface area contributed by atoms with Gasteiger partial charge in [0, 0.05) is 6.54 Å². The predicted octanol–water partition coefficient (Wildman–Crippen LogP) is 0.918. The predicted molar refractivity (Wildman–Crippen MR) is 49.6 cm³/mol. The van der Waals surface area contributed by atoms with Crippen LogP contribution in [-0.2, 0) is 11.2 Å². The maximum atomic E-state index is 10.1. The number of rotatable bonds is 5. The van der Waals surface area contributed by atoms with Crippen molar-refractivity contribution in [3.05, 3.63) is 35.9 Å². The first kappa shape index (κ1) is 9.74. The molecule has 1 N–H and O–H groups in total. The number of carboxylic acids is 1. The van der Waals surface area contributed by atoms with E-state index in [4.69, 9.17) is 5.11 Å². The molecule has 0 unspecified atom stereocenters. The molecule has 1 rings (SSSR count). The molecule has 3 nitrogen and oxygen atoms in total. The van der Waals surface area contributed by atoms with Gasteiger partial charge in [0.1, 0.15) is 6.54 Å². The fourth-order valence-corrected chi connectivity index (χ4v) is 1.03. The molecule has 0 fully saturated rings. The lowest BCUT2D eigenvalue weighted by Crippen LogP contribution is -2.17. The molecule has 0 aliphatic heterocycles. The zero-order chi connectivity index (χ0) is 9.52. The van der Waals surface area contributed by atoms with E-state index in [1.807, 2.05) is 30.3 Å². The third kappa shape index (κ3) is 4.28. The maximum Gasteiger partial charge on any atom is 0.319 e. The minimum atomic E-state index is -0.868. The number of hydrogen-bond donors (Lipinski definition) is 1. The van der Waals surface area contributed by atoms with Gasteiger partial charge in [0.15, 0.2) is 0 Å². The Morgan fingerprint density at radius 1 is 1.31 bits per heavy atom. The van der Waals surface area contributed by atoms with Crippen molar-refractivity contribution in [2.24, 2.45) is 0 Å². The topological polar surface area (TPSA) is 51.4 Å². The molecule has 0 saturated carbocycles. The normalized spacial score (nSPS) is 9.85. The van der Waals surface area contributed by atoms with E-state index in [0.29, 0.717) is 6.54 Å². The second-order valence-corrected chi connectivity index (χ2v) is 2.73. The van der Waals surface area contributed by atoms with Crippen molar-refractivity contribution < 1.29 is 9.90 Å². The highest BCUT2D eigenvalue weighted by atomic mass is 16.4. The highest BCUT2D eigenvalue weighted by Gasteiger charge is 1.96. The Hall–Kier alpha value is -1.35. The lowest BCUT2D eigenvalue weighted by Gasteiger charge is -1.99. The molecule has 13 heavy (non-hydrogen) atoms. The molecule has 1 radical (unpaired) electrons. The number of carbonyl (C=O) groups is 1. The molecule has 0 aliphatic carbocycles. The molecule has 3 heteroatoms. The number of aliphatic carboxylic acids is 1. The van der Waals surface area contributed by atoms with Gasteiger partial charge in [-0.3, -0.25) is 4.79 Å². The minimum Gasteiger partial charge on any atom is -0.480 e. The van der Waals surface area contributed by atoms with Gasteiger partial charge in [0.2, 0.25) is 0 Å². The molecule has 0 aromatic heterocycles. The van der Waals surface area contributed by atoms with Gasteiger partial charge in [-0.25, -0.2) is 5.32 Å². The SMILES string of the molecule is O=C(O)C[N]CCc1ccccc1. The van der Waals surface area contributed by atoms with Crippen molar-refractivity contribution >= 4 is 5.97 Å². The molecule has 69 valence electrons. The number of benzene rings is 1. The van der Waals surface area contributed by atoms with Crippen molar-refractivity contribution in [3.8, 4) is 0 Å². The number of nitrogens with zero attached hydrogens (tertiary/aromatic N) is 1. The van der Waals surface area contributed by atoms with Crippen LogP contribution in [0.3, 0.4) is 0 Å². The average Bonchev–Trinajstić information content (AvgIpc) is 2.14. The lowest BCUT2D eigenvalue weighted by molar-refractivity contribution is -0.136. The van der Waals surface area contributed by atoms with Gasteiger partial charge in [-0.2, -0.15) is 0 Å². The van der Waals surface area contributed by atoms with E-state index in [1.165, 1.54) is 5.56 Å². The van der Waals surface area contributed by atoms with Crippen LogP contribution in [0.4, 0.5) is 0 Å². The van der Waals surface area contributed by atoms with Crippen molar-refractivity contribution in [2.75, 3.05) is 13.1 Å². The molecule has 0 aliphatic rings. The van der Waals surface area contributed by atoms with Gasteiger partial charge in [-0.15, -0.1) is 0 Å². The van der Waals surface area contributed by atoms with Crippen LogP contribution in [0.1, 0.15) is 5.56 Å². The first-order valence-electron chi connectivity index (χ1n) is 4.18. The zero-order valence-electron chi connectivity index (χ0n) is 7.31. The fourth-order valence-electron chi connectivity index (χ4n) is 1.03. The summed E-state index contributed by atoms with van der Waals surface area (Å²) < 4.78 is 0. The highest BCUT2D eigenvalue weighted by molar-refractivity contribution is 5.68. The summed E-state index contributed by atoms with van der Waals surface area (Å²) in [5.74, 6) is -0.868. The van der Waals surface area contributed by atoms with E-state index < -0.39 is 5.97 Å². The Morgan fingerprint density at radius 3 is 2.62 bits per heavy atom. The van der Waals surface area contributed by atoms with E-state index in [9.17, 15) is 4.79 Å². The molecule has 0 amide bonds. The van der Waals surface area contributed by atoms with Crippen LogP contribution in [0, 0.1) is 0 Å². The standard InChI is InChI=1S/C10H12NO2/c12-10(13)8-11-7-6-9-4-2-1-3-5-9/h1-5H,6-8H2,(H,12,13). The largest absolute Gasteiger partial charge is 0.480 e. The third-order valence-corrected chi connectivity index (χ3v) is 1.65. The fraction of sp³-hybridized carbons (Fsp3) is 0.300. The van der Waals surface area contributed by atoms with Crippen molar-refractivity contribution in [1.82, 2.24) is 5.32 Å². The van der Waals surface area contributed by atoms with E-state index >= 15 is 0 Å². The lowest BCUT2D eigenvalue weighted by atomic mass is 10.1. The Bertz CT molecular complexity index is 259. The summed E-state index contributed by atoms with van der Waals surface area (Å²) in [5, 5.41) is 12.2. The van der Waals surface area contributed by atoms with E-state index in [0.717, 1.165) is 6.42 Å². The average molecular weight is 178 g/mol. The van der Waals surface area contributed by atoms with Gasteiger partial charge in [-0.05, 0) is 12.0 Å². The summed E-state index contributed by atoms with van der Waals surface area (Å²) in [4.78, 5) is 10.1. The summed E-state index contributed by atoms with van der Waals surface area (Å²) in [6, 6.07) is 9.91. The second kappa shape index (κ2) is 5.32. The molecular formula is C10H12NO2. The first-order valence-corrected chi connectivity index (χ1v) is 4.18. The third-order valence-electron chi connectivity index (χ3n) is 1.65. The Balaban J connectivity index is 2.17. The molecule has 0 saturated heterocycles. The van der Waals surface area contributed by atoms with Crippen LogP contribution in [0.5, 0.6) is 0 Å². The highest BCUT2D eigenvalue weighted by Crippen LogP contribution is 1.98. The van der Waals surface area contributed by atoms with Crippen LogP contribution < -0.4 is 5.32 Å². The zero-order valence-corrected chi connectivity index (χ0v) is 7.31. The molecule has 0 spiro atoms. The summed E-state index contributed by atoms with van der Waals surface area (Å²) in [6.45, 7) is 0.489. The van der Waals surface area contributed by atoms with Crippen LogP contribution in [-0.4, -0.2) is 24.2 Å². The van der Waals surface area contributed by atoms with Gasteiger partial charge in [0.25, 0.3) is 0 Å². The molecule has 1 aromatic rings. The number of carboxylic acid groups (broad SMARTS) is 1. The summed E-state index contributed by atoms with van der Waals surface area (Å²) in [5.41, 5.74) is 1.19. The van der Waals surface area contributed by atoms with Crippen LogP contribution in [0.25, 0.3) is 0 Å². The Morgan fingerprint density at radius 2 is 2.00 bits per heavy atom. The van der Waals surface area contributed by atoms with E-state index in [-0.39, 0.29) is 6.54 Å². The smallest absolute Gasteiger partial charge is 0.319 e. The molecular weight excluding hydrogens is 166 g/mol. The molecule has 1 aromatic carbocycles. The summed E-state index contributed by atoms with van der Waals surface area (Å²) in [6.07, 6.45) is 0.814. The minimum absolute atomic E-state index is 0.0904. The van der Waals surface area contributed by atoms with Gasteiger partial charge < -0.3 is 5.11 Å². The second-order valence-electron chi connectivity index (χ2n) is 2.73. The summed E-state index contributed by atoms with van der Waals surface area (Å²) >= 11 is 0. The van der Waals surface area contributed by atoms with Crippen molar-refractivity contribution in [3.63, 3.8) is 0 Å². The quantitative estimate of drug-likeness (QED) is 0.681. The monoisotopic (exact) mass is 178 g/mol. The van der Waals surface area contributed by atoms with Gasteiger partial charge in [-0.1, -0.05) is 30.3 Å². The molecule has 0 atom stereocenters. The molecule has 0 heterocycles. The van der Waals surface area contributed by atoms with Crippen LogP contribution in [0.15, 0.2) is 30.3 Å². The van der Waals surface area contributed by atoms with E-state index in [2.05, 4.69) is 5.32 Å². The first-order chi connectivity index (χ1) is 6.29. The van der Waals surface area contributed by atoms with Crippen LogP contribution >= 0.6 is 0 Å². The van der Waals surface area contributed by atoms with Crippen molar-refractivity contribution in [1.29, 1.82) is 0 Å². The van der Waals surface area contributed by atoms with Gasteiger partial charge in [0.05, 0.1) is 0 Å².